The third-order valence-electron chi connectivity index (χ3n) is 7.04. The lowest BCUT2D eigenvalue weighted by Gasteiger charge is -2.33. The smallest absolute Gasteiger partial charge is 0.337 e. The van der Waals surface area contributed by atoms with E-state index in [1.54, 1.807) is 0 Å². The molecular weight excluding hydrogens is 408 g/mol. The third-order valence-corrected chi connectivity index (χ3v) is 10.7. The highest BCUT2D eigenvalue weighted by Crippen LogP contribution is 2.25. The van der Waals surface area contributed by atoms with Crippen LogP contribution in [0.15, 0.2) is 0 Å². The topological polar surface area (TPSA) is 18.5 Å². The lowest BCUT2D eigenvalue weighted by atomic mass is 10.0. The standard InChI is InChI=1S/C29H62O2Si/c1-6-11-12-13-14-15-16-17-18-19-20-21-22-23-24-25-28-30-32(9-4,10-5)31-29(26-7-2)27-8-3/h29H,6-28H2,1-5H3. The van der Waals surface area contributed by atoms with Crippen molar-refractivity contribution < 1.29 is 8.85 Å². The molecule has 0 aromatic carbocycles. The molecule has 0 rings (SSSR count). The van der Waals surface area contributed by atoms with Crippen molar-refractivity contribution in [2.75, 3.05) is 6.61 Å². The number of unbranched alkanes of at least 4 members (excludes halogenated alkanes) is 15. The summed E-state index contributed by atoms with van der Waals surface area (Å²) in [6.07, 6.45) is 27.9. The van der Waals surface area contributed by atoms with Crippen molar-refractivity contribution in [2.24, 2.45) is 0 Å². The van der Waals surface area contributed by atoms with Gasteiger partial charge in [-0.05, 0) is 31.4 Å². The molecule has 0 N–H and O–H groups in total. The molecule has 2 nitrogen and oxygen atoms in total. The van der Waals surface area contributed by atoms with E-state index in [-0.39, 0.29) is 0 Å². The average molecular weight is 471 g/mol. The van der Waals surface area contributed by atoms with Crippen molar-refractivity contribution in [3.63, 3.8) is 0 Å². The first-order valence-corrected chi connectivity index (χ1v) is 17.2. The van der Waals surface area contributed by atoms with Crippen LogP contribution in [0.2, 0.25) is 12.1 Å². The second kappa shape index (κ2) is 24.3. The van der Waals surface area contributed by atoms with Crippen molar-refractivity contribution >= 4 is 8.56 Å². The maximum absolute atomic E-state index is 6.66. The van der Waals surface area contributed by atoms with Crippen molar-refractivity contribution in [3.8, 4) is 0 Å². The van der Waals surface area contributed by atoms with E-state index < -0.39 is 8.56 Å². The summed E-state index contributed by atoms with van der Waals surface area (Å²) >= 11 is 0. The molecule has 194 valence electrons. The minimum atomic E-state index is -1.99. The van der Waals surface area contributed by atoms with E-state index >= 15 is 0 Å². The lowest BCUT2D eigenvalue weighted by Crippen LogP contribution is -2.44. The fourth-order valence-corrected chi connectivity index (χ4v) is 7.44. The van der Waals surface area contributed by atoms with Gasteiger partial charge in [0.25, 0.3) is 0 Å². The molecule has 0 saturated carbocycles. The summed E-state index contributed by atoms with van der Waals surface area (Å²) in [6.45, 7) is 12.3. The molecule has 0 radical (unpaired) electrons. The molecule has 0 amide bonds. The Morgan fingerprint density at radius 3 is 1.19 bits per heavy atom. The summed E-state index contributed by atoms with van der Waals surface area (Å²) in [7, 11) is -1.99. The van der Waals surface area contributed by atoms with Gasteiger partial charge >= 0.3 is 8.56 Å². The molecule has 0 aliphatic rings. The highest BCUT2D eigenvalue weighted by molar-refractivity contribution is 6.67. The van der Waals surface area contributed by atoms with Gasteiger partial charge in [0.15, 0.2) is 0 Å². The van der Waals surface area contributed by atoms with Crippen molar-refractivity contribution in [1.29, 1.82) is 0 Å². The zero-order chi connectivity index (χ0) is 23.8. The van der Waals surface area contributed by atoms with Crippen LogP contribution >= 0.6 is 0 Å². The molecule has 0 heterocycles. The van der Waals surface area contributed by atoms with Crippen LogP contribution in [-0.2, 0) is 8.85 Å². The largest absolute Gasteiger partial charge is 0.394 e. The molecule has 0 bridgehead atoms. The minimum Gasteiger partial charge on any atom is -0.394 e. The molecule has 0 saturated heterocycles. The maximum Gasteiger partial charge on any atom is 0.337 e. The molecule has 0 spiro atoms. The average Bonchev–Trinajstić information content (AvgIpc) is 2.80. The first-order chi connectivity index (χ1) is 15.7. The predicted octanol–water partition coefficient (Wildman–Crippen LogP) is 10.7. The molecule has 0 aliphatic carbocycles. The fourth-order valence-electron chi connectivity index (χ4n) is 4.77. The van der Waals surface area contributed by atoms with E-state index in [2.05, 4.69) is 34.6 Å². The first-order valence-electron chi connectivity index (χ1n) is 15.0. The van der Waals surface area contributed by atoms with E-state index in [0.29, 0.717) is 6.10 Å². The van der Waals surface area contributed by atoms with E-state index in [4.69, 9.17) is 8.85 Å². The Balaban J connectivity index is 3.64. The predicted molar refractivity (Wildman–Crippen MR) is 147 cm³/mol. The van der Waals surface area contributed by atoms with Gasteiger partial charge in [0.2, 0.25) is 0 Å². The van der Waals surface area contributed by atoms with Crippen LogP contribution in [0.3, 0.4) is 0 Å². The third kappa shape index (κ3) is 18.6. The summed E-state index contributed by atoms with van der Waals surface area (Å²) in [5, 5.41) is 0. The molecule has 0 atom stereocenters. The van der Waals surface area contributed by atoms with Crippen LogP contribution in [0.5, 0.6) is 0 Å². The van der Waals surface area contributed by atoms with Crippen LogP contribution in [0.1, 0.15) is 163 Å². The van der Waals surface area contributed by atoms with Crippen LogP contribution in [0.4, 0.5) is 0 Å². The summed E-state index contributed by atoms with van der Waals surface area (Å²) in [5.74, 6) is 0. The Labute approximate surface area is 205 Å². The molecule has 0 fully saturated rings. The van der Waals surface area contributed by atoms with E-state index in [0.717, 1.165) is 18.7 Å². The molecule has 3 heteroatoms. The van der Waals surface area contributed by atoms with E-state index in [1.807, 2.05) is 0 Å². The van der Waals surface area contributed by atoms with Gasteiger partial charge in [0, 0.05) is 12.7 Å². The van der Waals surface area contributed by atoms with Crippen molar-refractivity contribution in [2.45, 2.75) is 181 Å². The van der Waals surface area contributed by atoms with Gasteiger partial charge in [-0.2, -0.15) is 0 Å². The Morgan fingerprint density at radius 1 is 0.469 bits per heavy atom. The van der Waals surface area contributed by atoms with Gasteiger partial charge in [0.1, 0.15) is 0 Å². The molecule has 0 aromatic heterocycles. The Kier molecular flexibility index (Phi) is 24.4. The summed E-state index contributed by atoms with van der Waals surface area (Å²) in [4.78, 5) is 0. The quantitative estimate of drug-likeness (QED) is 0.0924. The van der Waals surface area contributed by atoms with Gasteiger partial charge in [-0.3, -0.25) is 0 Å². The zero-order valence-corrected chi connectivity index (χ0v) is 24.2. The summed E-state index contributed by atoms with van der Waals surface area (Å²) in [6, 6.07) is 2.18. The van der Waals surface area contributed by atoms with Gasteiger partial charge in [-0.15, -0.1) is 0 Å². The molecule has 32 heavy (non-hydrogen) atoms. The minimum absolute atomic E-state index is 0.419. The van der Waals surface area contributed by atoms with Crippen LogP contribution in [-0.4, -0.2) is 21.3 Å². The second-order valence-electron chi connectivity index (χ2n) is 10.1. The van der Waals surface area contributed by atoms with Gasteiger partial charge in [-0.25, -0.2) is 0 Å². The van der Waals surface area contributed by atoms with E-state index in [9.17, 15) is 0 Å². The SMILES string of the molecule is CCCCCCCCCCCCCCCCCCO[Si](CC)(CC)OC(CCC)CCC. The first kappa shape index (κ1) is 32.1. The van der Waals surface area contributed by atoms with Gasteiger partial charge in [0.05, 0.1) is 0 Å². The van der Waals surface area contributed by atoms with Gasteiger partial charge in [-0.1, -0.05) is 144 Å². The number of hydrogen-bond donors (Lipinski definition) is 0. The normalized spacial score (nSPS) is 12.2. The Hall–Kier alpha value is 0.137. The Bertz CT molecular complexity index is 351. The molecule has 0 aliphatic heterocycles. The second-order valence-corrected chi connectivity index (χ2v) is 13.8. The Morgan fingerprint density at radius 2 is 0.844 bits per heavy atom. The van der Waals surface area contributed by atoms with Crippen LogP contribution in [0.25, 0.3) is 0 Å². The highest BCUT2D eigenvalue weighted by atomic mass is 28.4. The fraction of sp³-hybridized carbons (Fsp3) is 1.00. The molecular formula is C29H62O2Si. The number of rotatable bonds is 26. The zero-order valence-electron chi connectivity index (χ0n) is 23.2. The summed E-state index contributed by atoms with van der Waals surface area (Å²) in [5.41, 5.74) is 0. The summed E-state index contributed by atoms with van der Waals surface area (Å²) < 4.78 is 13.1. The molecule has 0 unspecified atom stereocenters. The van der Waals surface area contributed by atoms with Crippen LogP contribution in [0, 0.1) is 0 Å². The number of hydrogen-bond acceptors (Lipinski definition) is 2. The van der Waals surface area contributed by atoms with Crippen molar-refractivity contribution in [1.82, 2.24) is 0 Å². The highest BCUT2D eigenvalue weighted by Gasteiger charge is 2.35. The lowest BCUT2D eigenvalue weighted by molar-refractivity contribution is 0.0982. The van der Waals surface area contributed by atoms with Crippen molar-refractivity contribution in [3.05, 3.63) is 0 Å². The monoisotopic (exact) mass is 470 g/mol. The van der Waals surface area contributed by atoms with Gasteiger partial charge < -0.3 is 8.85 Å². The van der Waals surface area contributed by atoms with E-state index in [1.165, 1.54) is 128 Å². The maximum atomic E-state index is 6.66. The van der Waals surface area contributed by atoms with Crippen LogP contribution < -0.4 is 0 Å². The molecule has 0 aromatic rings.